The molecular formula is C25H21N3O2. The van der Waals surface area contributed by atoms with Crippen molar-refractivity contribution in [3.63, 3.8) is 0 Å². The molecule has 2 heterocycles. The number of amides is 1. The summed E-state index contributed by atoms with van der Waals surface area (Å²) in [4.78, 5) is 32.3. The van der Waals surface area contributed by atoms with Gasteiger partial charge in [0.2, 0.25) is 0 Å². The molecule has 0 spiro atoms. The molecule has 1 fully saturated rings. The van der Waals surface area contributed by atoms with Gasteiger partial charge in [0.1, 0.15) is 6.33 Å². The first kappa shape index (κ1) is 18.3. The molecule has 148 valence electrons. The van der Waals surface area contributed by atoms with E-state index in [9.17, 15) is 9.59 Å². The second-order valence-electron chi connectivity index (χ2n) is 7.55. The van der Waals surface area contributed by atoms with Crippen molar-refractivity contribution in [2.24, 2.45) is 0 Å². The zero-order chi connectivity index (χ0) is 20.5. The van der Waals surface area contributed by atoms with Crippen LogP contribution in [0.15, 0.2) is 90.0 Å². The quantitative estimate of drug-likeness (QED) is 0.518. The van der Waals surface area contributed by atoms with E-state index in [1.165, 1.54) is 16.5 Å². The number of rotatable bonds is 3. The SMILES string of the molecule is O=C(c1ccc(-n2cnc3ccccc3c2=O)cc1)N1CCC[C@H]1c1ccccc1. The molecule has 30 heavy (non-hydrogen) atoms. The third-order valence-corrected chi connectivity index (χ3v) is 5.76. The van der Waals surface area contributed by atoms with Crippen molar-refractivity contribution < 1.29 is 4.79 Å². The Balaban J connectivity index is 1.43. The number of likely N-dealkylation sites (tertiary alicyclic amines) is 1. The molecule has 5 nitrogen and oxygen atoms in total. The number of carbonyl (C=O) groups excluding carboxylic acids is 1. The van der Waals surface area contributed by atoms with Gasteiger partial charge in [-0.25, -0.2) is 4.98 Å². The molecule has 1 saturated heterocycles. The molecule has 4 aromatic rings. The highest BCUT2D eigenvalue weighted by atomic mass is 16.2. The van der Waals surface area contributed by atoms with Gasteiger partial charge in [0.05, 0.1) is 22.6 Å². The zero-order valence-electron chi connectivity index (χ0n) is 16.4. The van der Waals surface area contributed by atoms with Gasteiger partial charge in [0.15, 0.2) is 0 Å². The van der Waals surface area contributed by atoms with Crippen molar-refractivity contribution in [2.75, 3.05) is 6.54 Å². The fraction of sp³-hybridized carbons (Fsp3) is 0.160. The van der Waals surface area contributed by atoms with Gasteiger partial charge in [-0.1, -0.05) is 42.5 Å². The monoisotopic (exact) mass is 395 g/mol. The van der Waals surface area contributed by atoms with Crippen LogP contribution in [0.4, 0.5) is 0 Å². The van der Waals surface area contributed by atoms with E-state index in [-0.39, 0.29) is 17.5 Å². The number of carbonyl (C=O) groups is 1. The summed E-state index contributed by atoms with van der Waals surface area (Å²) >= 11 is 0. The minimum absolute atomic E-state index is 0.0249. The lowest BCUT2D eigenvalue weighted by Crippen LogP contribution is -2.30. The number of aromatic nitrogens is 2. The number of hydrogen-bond donors (Lipinski definition) is 0. The van der Waals surface area contributed by atoms with Crippen molar-refractivity contribution in [3.8, 4) is 5.69 Å². The molecule has 3 aromatic carbocycles. The maximum atomic E-state index is 13.2. The van der Waals surface area contributed by atoms with Crippen molar-refractivity contribution in [2.45, 2.75) is 18.9 Å². The molecule has 1 amide bonds. The summed E-state index contributed by atoms with van der Waals surface area (Å²) < 4.78 is 1.51. The molecule has 0 bridgehead atoms. The Morgan fingerprint density at radius 3 is 2.43 bits per heavy atom. The molecule has 0 saturated carbocycles. The van der Waals surface area contributed by atoms with Crippen molar-refractivity contribution in [3.05, 3.63) is 107 Å². The Kier molecular flexibility index (Phi) is 4.64. The first-order valence-electron chi connectivity index (χ1n) is 10.1. The largest absolute Gasteiger partial charge is 0.332 e. The predicted octanol–water partition coefficient (Wildman–Crippen LogP) is 4.36. The minimum Gasteiger partial charge on any atom is -0.332 e. The van der Waals surface area contributed by atoms with Crippen LogP contribution in [0.1, 0.15) is 34.8 Å². The average molecular weight is 395 g/mol. The smallest absolute Gasteiger partial charge is 0.265 e. The number of hydrogen-bond acceptors (Lipinski definition) is 3. The first-order chi connectivity index (χ1) is 14.7. The van der Waals surface area contributed by atoms with Gasteiger partial charge in [-0.15, -0.1) is 0 Å². The molecule has 0 unspecified atom stereocenters. The second kappa shape index (κ2) is 7.59. The van der Waals surface area contributed by atoms with Crippen LogP contribution in [0.5, 0.6) is 0 Å². The maximum Gasteiger partial charge on any atom is 0.265 e. The molecule has 5 rings (SSSR count). The van der Waals surface area contributed by atoms with E-state index in [1.54, 1.807) is 30.3 Å². The normalized spacial score (nSPS) is 16.1. The fourth-order valence-corrected chi connectivity index (χ4v) is 4.22. The van der Waals surface area contributed by atoms with Gasteiger partial charge < -0.3 is 4.90 Å². The van der Waals surface area contributed by atoms with Gasteiger partial charge in [0.25, 0.3) is 11.5 Å². The third kappa shape index (κ3) is 3.18. The Hall–Kier alpha value is -3.73. The maximum absolute atomic E-state index is 13.2. The number of fused-ring (bicyclic) bond motifs is 1. The Morgan fingerprint density at radius 2 is 1.63 bits per heavy atom. The highest BCUT2D eigenvalue weighted by Gasteiger charge is 2.30. The molecule has 1 aromatic heterocycles. The van der Waals surface area contributed by atoms with Crippen LogP contribution in [0.3, 0.4) is 0 Å². The van der Waals surface area contributed by atoms with Crippen molar-refractivity contribution in [1.82, 2.24) is 14.5 Å². The van der Waals surface area contributed by atoms with Gasteiger partial charge in [-0.2, -0.15) is 0 Å². The molecule has 1 atom stereocenters. The Bertz CT molecular complexity index is 1260. The fourth-order valence-electron chi connectivity index (χ4n) is 4.22. The van der Waals surface area contributed by atoms with E-state index >= 15 is 0 Å². The van der Waals surface area contributed by atoms with Gasteiger partial charge in [-0.3, -0.25) is 14.2 Å². The number of para-hydroxylation sites is 1. The van der Waals surface area contributed by atoms with Gasteiger partial charge in [-0.05, 0) is 54.8 Å². The van der Waals surface area contributed by atoms with Crippen LogP contribution in [-0.2, 0) is 0 Å². The zero-order valence-corrected chi connectivity index (χ0v) is 16.4. The summed E-state index contributed by atoms with van der Waals surface area (Å²) in [6.45, 7) is 0.758. The van der Waals surface area contributed by atoms with E-state index in [4.69, 9.17) is 0 Å². The molecule has 0 aliphatic carbocycles. The summed E-state index contributed by atoms with van der Waals surface area (Å²) in [5.41, 5.74) is 3.04. The average Bonchev–Trinajstić information content (AvgIpc) is 3.30. The standard InChI is InChI=1S/C25H21N3O2/c29-24(27-16-6-11-23(27)18-7-2-1-3-8-18)19-12-14-20(15-13-19)28-17-26-22-10-5-4-9-21(22)25(28)30/h1-5,7-10,12-15,17,23H,6,11,16H2/t23-/m0/s1. The second-order valence-corrected chi connectivity index (χ2v) is 7.55. The lowest BCUT2D eigenvalue weighted by atomic mass is 10.0. The van der Waals surface area contributed by atoms with E-state index in [0.29, 0.717) is 22.2 Å². The molecule has 1 aliphatic heterocycles. The molecule has 5 heteroatoms. The minimum atomic E-state index is -0.122. The van der Waals surface area contributed by atoms with Crippen LogP contribution in [0.25, 0.3) is 16.6 Å². The molecular weight excluding hydrogens is 374 g/mol. The molecule has 0 N–H and O–H groups in total. The highest BCUT2D eigenvalue weighted by Crippen LogP contribution is 2.33. The molecule has 0 radical (unpaired) electrons. The van der Waals surface area contributed by atoms with Crippen molar-refractivity contribution in [1.29, 1.82) is 0 Å². The third-order valence-electron chi connectivity index (χ3n) is 5.76. The lowest BCUT2D eigenvalue weighted by Gasteiger charge is -2.25. The van der Waals surface area contributed by atoms with Crippen LogP contribution in [0, 0.1) is 0 Å². The summed E-state index contributed by atoms with van der Waals surface area (Å²) in [7, 11) is 0. The van der Waals surface area contributed by atoms with Gasteiger partial charge >= 0.3 is 0 Å². The molecule has 1 aliphatic rings. The Labute approximate surface area is 174 Å². The number of nitrogens with zero attached hydrogens (tertiary/aromatic N) is 3. The van der Waals surface area contributed by atoms with Crippen LogP contribution in [-0.4, -0.2) is 26.9 Å². The summed E-state index contributed by atoms with van der Waals surface area (Å²) in [6.07, 6.45) is 3.51. The predicted molar refractivity (Wildman–Crippen MR) is 117 cm³/mol. The van der Waals surface area contributed by atoms with Gasteiger partial charge in [0, 0.05) is 12.1 Å². The van der Waals surface area contributed by atoms with Crippen molar-refractivity contribution >= 4 is 16.8 Å². The summed E-state index contributed by atoms with van der Waals surface area (Å²) in [5.74, 6) is 0.0249. The topological polar surface area (TPSA) is 55.2 Å². The van der Waals surface area contributed by atoms with E-state index in [1.807, 2.05) is 41.3 Å². The number of benzene rings is 3. The van der Waals surface area contributed by atoms with E-state index in [0.717, 1.165) is 19.4 Å². The van der Waals surface area contributed by atoms with E-state index in [2.05, 4.69) is 17.1 Å². The summed E-state index contributed by atoms with van der Waals surface area (Å²) in [5, 5.41) is 0.572. The highest BCUT2D eigenvalue weighted by molar-refractivity contribution is 5.95. The van der Waals surface area contributed by atoms with Crippen LogP contribution >= 0.6 is 0 Å². The Morgan fingerprint density at radius 1 is 0.900 bits per heavy atom. The van der Waals surface area contributed by atoms with E-state index < -0.39 is 0 Å². The summed E-state index contributed by atoms with van der Waals surface area (Å²) in [6, 6.07) is 24.8. The lowest BCUT2D eigenvalue weighted by molar-refractivity contribution is 0.0735. The van der Waals surface area contributed by atoms with Crippen LogP contribution in [0.2, 0.25) is 0 Å². The van der Waals surface area contributed by atoms with Crippen LogP contribution < -0.4 is 5.56 Å². The first-order valence-corrected chi connectivity index (χ1v) is 10.1.